The van der Waals surface area contributed by atoms with Crippen LogP contribution in [0.1, 0.15) is 58.4 Å². The lowest BCUT2D eigenvalue weighted by Gasteiger charge is -2.22. The number of aryl methyl sites for hydroxylation is 1. The Kier molecular flexibility index (Phi) is 5.10. The minimum absolute atomic E-state index is 0.0366. The molecule has 0 aliphatic heterocycles. The summed E-state index contributed by atoms with van der Waals surface area (Å²) >= 11 is 1.85. The standard InChI is InChI=1S/C30H32N2S/c1-18-26-23-13-12-19(17-29(2,3)4)14-25(23)33-28(26)27(32-31-18)21-15-20-10-8-9-11-22(20)24(16-21)30(5,6)7/h8-16H,17H2,1-7H3. The molecule has 2 aromatic heterocycles. The first-order valence-corrected chi connectivity index (χ1v) is 12.5. The molecule has 0 bridgehead atoms. The van der Waals surface area contributed by atoms with Crippen LogP contribution in [-0.2, 0) is 11.8 Å². The van der Waals surface area contributed by atoms with Crippen molar-refractivity contribution in [2.75, 3.05) is 0 Å². The predicted octanol–water partition coefficient (Wildman–Crippen LogP) is 8.86. The number of nitrogens with zero attached hydrogens (tertiary/aromatic N) is 2. The third kappa shape index (κ3) is 4.04. The summed E-state index contributed by atoms with van der Waals surface area (Å²) in [5, 5.41) is 14.5. The van der Waals surface area contributed by atoms with Gasteiger partial charge in [0.25, 0.3) is 0 Å². The van der Waals surface area contributed by atoms with Gasteiger partial charge in [0.15, 0.2) is 0 Å². The zero-order valence-corrected chi connectivity index (χ0v) is 21.5. The second-order valence-corrected chi connectivity index (χ2v) is 12.6. The number of benzene rings is 3. The van der Waals surface area contributed by atoms with Gasteiger partial charge in [-0.25, -0.2) is 0 Å². The van der Waals surface area contributed by atoms with E-state index < -0.39 is 0 Å². The molecular weight excluding hydrogens is 420 g/mol. The van der Waals surface area contributed by atoms with Crippen molar-refractivity contribution in [3.8, 4) is 11.3 Å². The number of fused-ring (bicyclic) bond motifs is 4. The summed E-state index contributed by atoms with van der Waals surface area (Å²) in [6.45, 7) is 15.8. The van der Waals surface area contributed by atoms with Crippen molar-refractivity contribution in [1.29, 1.82) is 0 Å². The Labute approximate surface area is 200 Å². The maximum absolute atomic E-state index is 4.74. The smallest absolute Gasteiger partial charge is 0.111 e. The van der Waals surface area contributed by atoms with Gasteiger partial charge in [-0.2, -0.15) is 5.10 Å². The Morgan fingerprint density at radius 1 is 0.818 bits per heavy atom. The third-order valence-electron chi connectivity index (χ3n) is 6.31. The third-order valence-corrected chi connectivity index (χ3v) is 7.47. The van der Waals surface area contributed by atoms with Crippen LogP contribution in [0.3, 0.4) is 0 Å². The quantitative estimate of drug-likeness (QED) is 0.267. The average molecular weight is 453 g/mol. The highest BCUT2D eigenvalue weighted by Crippen LogP contribution is 2.42. The largest absolute Gasteiger partial charge is 0.155 e. The minimum Gasteiger partial charge on any atom is -0.155 e. The summed E-state index contributed by atoms with van der Waals surface area (Å²) in [5.74, 6) is 0. The highest BCUT2D eigenvalue weighted by molar-refractivity contribution is 7.26. The lowest BCUT2D eigenvalue weighted by atomic mass is 9.82. The molecule has 0 aliphatic rings. The van der Waals surface area contributed by atoms with Gasteiger partial charge in [0.05, 0.1) is 10.4 Å². The molecule has 5 aromatic rings. The van der Waals surface area contributed by atoms with Gasteiger partial charge in [-0.05, 0) is 64.3 Å². The SMILES string of the molecule is Cc1nnc(-c2cc(C(C)(C)C)c3ccccc3c2)c2sc3cc(CC(C)(C)C)ccc3c12. The monoisotopic (exact) mass is 452 g/mol. The molecule has 0 unspecified atom stereocenters. The van der Waals surface area contributed by atoms with Crippen molar-refractivity contribution < 1.29 is 0 Å². The molecule has 0 spiro atoms. The topological polar surface area (TPSA) is 25.8 Å². The van der Waals surface area contributed by atoms with Crippen LogP contribution in [0.25, 0.3) is 42.2 Å². The van der Waals surface area contributed by atoms with Gasteiger partial charge in [-0.15, -0.1) is 16.4 Å². The zero-order chi connectivity index (χ0) is 23.5. The number of thiophene rings is 1. The van der Waals surface area contributed by atoms with Crippen LogP contribution in [0.15, 0.2) is 54.6 Å². The van der Waals surface area contributed by atoms with Gasteiger partial charge in [0, 0.05) is 21.0 Å². The first-order chi connectivity index (χ1) is 15.5. The van der Waals surface area contributed by atoms with E-state index in [0.29, 0.717) is 0 Å². The molecule has 33 heavy (non-hydrogen) atoms. The lowest BCUT2D eigenvalue weighted by molar-refractivity contribution is 0.411. The highest BCUT2D eigenvalue weighted by Gasteiger charge is 2.21. The second kappa shape index (κ2) is 7.63. The fraction of sp³-hybridized carbons (Fsp3) is 0.333. The van der Waals surface area contributed by atoms with Crippen LogP contribution in [-0.4, -0.2) is 10.2 Å². The highest BCUT2D eigenvalue weighted by atomic mass is 32.1. The van der Waals surface area contributed by atoms with Crippen molar-refractivity contribution in [2.45, 2.75) is 60.3 Å². The van der Waals surface area contributed by atoms with Gasteiger partial charge in [-0.1, -0.05) is 77.9 Å². The summed E-state index contributed by atoms with van der Waals surface area (Å²) in [6, 6.07) is 20.2. The summed E-state index contributed by atoms with van der Waals surface area (Å²) in [6.07, 6.45) is 1.07. The van der Waals surface area contributed by atoms with Crippen LogP contribution in [0, 0.1) is 12.3 Å². The van der Waals surface area contributed by atoms with Crippen LogP contribution < -0.4 is 0 Å². The van der Waals surface area contributed by atoms with E-state index in [1.54, 1.807) is 0 Å². The van der Waals surface area contributed by atoms with Crippen molar-refractivity contribution in [3.63, 3.8) is 0 Å². The van der Waals surface area contributed by atoms with Gasteiger partial charge in [0.2, 0.25) is 0 Å². The van der Waals surface area contributed by atoms with E-state index in [0.717, 1.165) is 23.4 Å². The second-order valence-electron chi connectivity index (χ2n) is 11.5. The molecule has 2 nitrogen and oxygen atoms in total. The number of hydrogen-bond acceptors (Lipinski definition) is 3. The van der Waals surface area contributed by atoms with Crippen LogP contribution >= 0.6 is 11.3 Å². The molecule has 2 heterocycles. The van der Waals surface area contributed by atoms with Crippen molar-refractivity contribution >= 4 is 42.3 Å². The van der Waals surface area contributed by atoms with E-state index in [-0.39, 0.29) is 10.8 Å². The number of aromatic nitrogens is 2. The van der Waals surface area contributed by atoms with E-state index in [1.165, 1.54) is 42.1 Å². The van der Waals surface area contributed by atoms with E-state index in [1.807, 2.05) is 11.3 Å². The van der Waals surface area contributed by atoms with E-state index in [9.17, 15) is 0 Å². The zero-order valence-electron chi connectivity index (χ0n) is 20.7. The number of hydrogen-bond donors (Lipinski definition) is 0. The Bertz CT molecular complexity index is 1510. The van der Waals surface area contributed by atoms with Crippen molar-refractivity contribution in [2.24, 2.45) is 5.41 Å². The van der Waals surface area contributed by atoms with E-state index >= 15 is 0 Å². The first kappa shape index (κ1) is 22.0. The Hall–Kier alpha value is -2.78. The van der Waals surface area contributed by atoms with E-state index in [2.05, 4.69) is 108 Å². The molecule has 0 amide bonds. The van der Waals surface area contributed by atoms with Crippen LogP contribution in [0.5, 0.6) is 0 Å². The molecule has 3 aromatic carbocycles. The molecule has 0 atom stereocenters. The normalized spacial score (nSPS) is 12.8. The summed E-state index contributed by atoms with van der Waals surface area (Å²) in [7, 11) is 0. The maximum Gasteiger partial charge on any atom is 0.111 e. The first-order valence-electron chi connectivity index (χ1n) is 11.7. The average Bonchev–Trinajstić information content (AvgIpc) is 3.10. The lowest BCUT2D eigenvalue weighted by Crippen LogP contribution is -2.12. The van der Waals surface area contributed by atoms with Gasteiger partial charge < -0.3 is 0 Å². The maximum atomic E-state index is 4.74. The van der Waals surface area contributed by atoms with Crippen molar-refractivity contribution in [3.05, 3.63) is 71.4 Å². The number of rotatable bonds is 2. The molecule has 3 heteroatoms. The van der Waals surface area contributed by atoms with Crippen molar-refractivity contribution in [1.82, 2.24) is 10.2 Å². The molecule has 0 saturated carbocycles. The molecule has 5 rings (SSSR count). The fourth-order valence-corrected chi connectivity index (χ4v) is 6.19. The molecular formula is C30H32N2S. The molecule has 0 saturated heterocycles. The minimum atomic E-state index is 0.0366. The summed E-state index contributed by atoms with van der Waals surface area (Å²) in [4.78, 5) is 0. The van der Waals surface area contributed by atoms with Gasteiger partial charge in [0.1, 0.15) is 5.69 Å². The summed E-state index contributed by atoms with van der Waals surface area (Å²) in [5.41, 5.74) is 6.18. The fourth-order valence-electron chi connectivity index (χ4n) is 4.87. The Morgan fingerprint density at radius 3 is 2.30 bits per heavy atom. The van der Waals surface area contributed by atoms with Crippen LogP contribution in [0.4, 0.5) is 0 Å². The molecule has 0 radical (unpaired) electrons. The molecule has 0 aliphatic carbocycles. The molecule has 168 valence electrons. The predicted molar refractivity (Wildman–Crippen MR) is 144 cm³/mol. The molecule has 0 fully saturated rings. The van der Waals surface area contributed by atoms with Gasteiger partial charge >= 0.3 is 0 Å². The van der Waals surface area contributed by atoms with Crippen LogP contribution in [0.2, 0.25) is 0 Å². The Morgan fingerprint density at radius 2 is 1.58 bits per heavy atom. The Balaban J connectivity index is 1.78. The summed E-state index contributed by atoms with van der Waals surface area (Å²) < 4.78 is 2.56. The molecule has 0 N–H and O–H groups in total. The van der Waals surface area contributed by atoms with Gasteiger partial charge in [-0.3, -0.25) is 0 Å². The van der Waals surface area contributed by atoms with E-state index in [4.69, 9.17) is 5.10 Å².